The number of ether oxygens (including phenoxy) is 1. The van der Waals surface area contributed by atoms with Gasteiger partial charge < -0.3 is 9.84 Å². The van der Waals surface area contributed by atoms with Gasteiger partial charge >= 0.3 is 0 Å². The molecule has 0 amide bonds. The van der Waals surface area contributed by atoms with E-state index in [2.05, 4.69) is 0 Å². The number of phenolic OH excluding ortho intramolecular Hbond substituents is 1. The second-order valence-corrected chi connectivity index (χ2v) is 3.26. The third-order valence-corrected chi connectivity index (χ3v) is 2.14. The van der Waals surface area contributed by atoms with Crippen molar-refractivity contribution < 1.29 is 14.6 Å². The first-order valence-electron chi connectivity index (χ1n) is 3.75. The van der Waals surface area contributed by atoms with E-state index in [0.29, 0.717) is 5.02 Å². The fraction of sp³-hybridized carbons (Fsp3) is 0.222. The van der Waals surface area contributed by atoms with Crippen LogP contribution in [0.25, 0.3) is 0 Å². The maximum atomic E-state index is 11.2. The van der Waals surface area contributed by atoms with Crippen LogP contribution in [-0.4, -0.2) is 23.9 Å². The van der Waals surface area contributed by atoms with Gasteiger partial charge in [-0.1, -0.05) is 11.6 Å². The lowest BCUT2D eigenvalue weighted by atomic mass is 10.1. The number of rotatable bonds is 3. The Morgan fingerprint density at radius 1 is 1.57 bits per heavy atom. The summed E-state index contributed by atoms with van der Waals surface area (Å²) < 4.78 is 4.83. The van der Waals surface area contributed by atoms with E-state index in [9.17, 15) is 9.90 Å². The van der Waals surface area contributed by atoms with E-state index >= 15 is 0 Å². The van der Waals surface area contributed by atoms with Crippen LogP contribution in [0.4, 0.5) is 0 Å². The molecule has 0 fully saturated rings. The number of carbonyl (C=O) groups is 1. The van der Waals surface area contributed by atoms with E-state index in [0.717, 1.165) is 0 Å². The first-order chi connectivity index (χ1) is 6.60. The molecule has 0 unspecified atom stereocenters. The summed E-state index contributed by atoms with van der Waals surface area (Å²) in [6, 6.07) is 2.77. The lowest BCUT2D eigenvalue weighted by Gasteiger charge is -2.07. The molecule has 0 aliphatic carbocycles. The Labute approximate surface area is 91.2 Å². The van der Waals surface area contributed by atoms with Crippen molar-refractivity contribution in [1.82, 2.24) is 0 Å². The number of benzene rings is 1. The van der Waals surface area contributed by atoms with Gasteiger partial charge in [-0.15, -0.1) is 11.6 Å². The van der Waals surface area contributed by atoms with Gasteiger partial charge in [0.1, 0.15) is 0 Å². The molecule has 1 N–H and O–H groups in total. The van der Waals surface area contributed by atoms with Crippen molar-refractivity contribution in [1.29, 1.82) is 0 Å². The third-order valence-electron chi connectivity index (χ3n) is 1.68. The molecular formula is C9H8Cl2O3. The van der Waals surface area contributed by atoms with Crippen molar-refractivity contribution >= 4 is 29.0 Å². The van der Waals surface area contributed by atoms with Crippen molar-refractivity contribution in [2.24, 2.45) is 0 Å². The van der Waals surface area contributed by atoms with Gasteiger partial charge in [0.05, 0.1) is 18.6 Å². The maximum Gasteiger partial charge on any atom is 0.181 e. The Morgan fingerprint density at radius 3 is 2.71 bits per heavy atom. The summed E-state index contributed by atoms with van der Waals surface area (Å²) in [5, 5.41) is 9.86. The largest absolute Gasteiger partial charge is 0.504 e. The van der Waals surface area contributed by atoms with Crippen LogP contribution < -0.4 is 4.74 Å². The maximum absolute atomic E-state index is 11.2. The van der Waals surface area contributed by atoms with Gasteiger partial charge in [0.25, 0.3) is 0 Å². The zero-order valence-electron chi connectivity index (χ0n) is 7.38. The minimum Gasteiger partial charge on any atom is -0.504 e. The van der Waals surface area contributed by atoms with Crippen molar-refractivity contribution in [2.45, 2.75) is 0 Å². The van der Waals surface area contributed by atoms with E-state index in [-0.39, 0.29) is 22.9 Å². The summed E-state index contributed by atoms with van der Waals surface area (Å²) in [6.07, 6.45) is 0. The molecule has 1 aromatic rings. The normalized spacial score (nSPS) is 9.93. The first-order valence-corrected chi connectivity index (χ1v) is 4.67. The molecule has 5 heteroatoms. The molecule has 1 aromatic carbocycles. The van der Waals surface area contributed by atoms with Crippen molar-refractivity contribution in [2.75, 3.05) is 13.0 Å². The van der Waals surface area contributed by atoms with Crippen LogP contribution in [-0.2, 0) is 0 Å². The van der Waals surface area contributed by atoms with E-state index in [1.807, 2.05) is 0 Å². The molecule has 0 aliphatic rings. The molecule has 3 nitrogen and oxygen atoms in total. The standard InChI is InChI=1S/C9H8Cl2O3/c1-14-8-3-5(11)2-6(9(8)13)7(12)4-10/h2-3,13H,4H2,1H3. The number of halogens is 2. The highest BCUT2D eigenvalue weighted by atomic mass is 35.5. The smallest absolute Gasteiger partial charge is 0.181 e. The third kappa shape index (κ3) is 2.11. The van der Waals surface area contributed by atoms with E-state index in [1.165, 1.54) is 19.2 Å². The van der Waals surface area contributed by atoms with Gasteiger partial charge in [-0.3, -0.25) is 4.79 Å². The van der Waals surface area contributed by atoms with Crippen LogP contribution in [0.5, 0.6) is 11.5 Å². The number of carbonyl (C=O) groups excluding carboxylic acids is 1. The number of aromatic hydroxyl groups is 1. The average molecular weight is 235 g/mol. The molecule has 1 rings (SSSR count). The minimum absolute atomic E-state index is 0.0735. The Balaban J connectivity index is 3.29. The summed E-state index contributed by atoms with van der Waals surface area (Å²) in [5.41, 5.74) is 0.0735. The molecule has 0 aromatic heterocycles. The summed E-state index contributed by atoms with van der Waals surface area (Å²) in [6.45, 7) is 0. The molecular weight excluding hydrogens is 227 g/mol. The molecule has 0 atom stereocenters. The molecule has 0 radical (unpaired) electrons. The highest BCUT2D eigenvalue weighted by Crippen LogP contribution is 2.33. The molecule has 0 saturated carbocycles. The summed E-state index contributed by atoms with van der Waals surface area (Å²) in [5.74, 6) is -0.685. The van der Waals surface area contributed by atoms with Gasteiger partial charge in [0, 0.05) is 11.1 Å². The Kier molecular flexibility index (Phi) is 3.61. The fourth-order valence-electron chi connectivity index (χ4n) is 1.01. The predicted octanol–water partition coefficient (Wildman–Crippen LogP) is 2.48. The van der Waals surface area contributed by atoms with Gasteiger partial charge in [-0.2, -0.15) is 0 Å². The summed E-state index contributed by atoms with van der Waals surface area (Å²) in [7, 11) is 1.38. The van der Waals surface area contributed by atoms with E-state index in [1.54, 1.807) is 0 Å². The SMILES string of the molecule is COc1cc(Cl)cc(C(=O)CCl)c1O. The zero-order valence-corrected chi connectivity index (χ0v) is 8.89. The van der Waals surface area contributed by atoms with Crippen LogP contribution in [0.15, 0.2) is 12.1 Å². The predicted molar refractivity (Wildman–Crippen MR) is 54.7 cm³/mol. The van der Waals surface area contributed by atoms with Crippen molar-refractivity contribution in [3.8, 4) is 11.5 Å². The van der Waals surface area contributed by atoms with Gasteiger partial charge in [-0.05, 0) is 6.07 Å². The van der Waals surface area contributed by atoms with Gasteiger partial charge in [0.2, 0.25) is 0 Å². The van der Waals surface area contributed by atoms with Gasteiger partial charge in [0.15, 0.2) is 17.3 Å². The number of hydrogen-bond donors (Lipinski definition) is 1. The number of phenols is 1. The van der Waals surface area contributed by atoms with Crippen LogP contribution in [0, 0.1) is 0 Å². The minimum atomic E-state index is -0.398. The van der Waals surface area contributed by atoms with E-state index < -0.39 is 5.78 Å². The first kappa shape index (κ1) is 11.1. The molecule has 0 spiro atoms. The second-order valence-electron chi connectivity index (χ2n) is 2.56. The monoisotopic (exact) mass is 234 g/mol. The van der Waals surface area contributed by atoms with Gasteiger partial charge in [-0.25, -0.2) is 0 Å². The van der Waals surface area contributed by atoms with Crippen LogP contribution in [0.3, 0.4) is 0 Å². The second kappa shape index (κ2) is 4.53. The molecule has 0 bridgehead atoms. The Hall–Kier alpha value is -0.930. The molecule has 0 aliphatic heterocycles. The average Bonchev–Trinajstić information content (AvgIpc) is 2.19. The Morgan fingerprint density at radius 2 is 2.21 bits per heavy atom. The number of ketones is 1. The van der Waals surface area contributed by atoms with Crippen LogP contribution in [0.2, 0.25) is 5.02 Å². The van der Waals surface area contributed by atoms with Crippen molar-refractivity contribution in [3.05, 3.63) is 22.7 Å². The highest BCUT2D eigenvalue weighted by molar-refractivity contribution is 6.33. The molecule has 76 valence electrons. The summed E-state index contributed by atoms with van der Waals surface area (Å²) >= 11 is 11.1. The van der Waals surface area contributed by atoms with Crippen LogP contribution >= 0.6 is 23.2 Å². The molecule has 0 saturated heterocycles. The lowest BCUT2D eigenvalue weighted by Crippen LogP contribution is -2.01. The Bertz CT molecular complexity index is 363. The van der Waals surface area contributed by atoms with Crippen LogP contribution in [0.1, 0.15) is 10.4 Å². The number of hydrogen-bond acceptors (Lipinski definition) is 3. The lowest BCUT2D eigenvalue weighted by molar-refractivity contribution is 0.101. The topological polar surface area (TPSA) is 46.5 Å². The fourth-order valence-corrected chi connectivity index (χ4v) is 1.37. The number of Topliss-reactive ketones (excluding diaryl/α,β-unsaturated/α-hetero) is 1. The van der Waals surface area contributed by atoms with Crippen molar-refractivity contribution in [3.63, 3.8) is 0 Å². The molecule has 0 heterocycles. The summed E-state index contributed by atoms with van der Waals surface area (Å²) in [4.78, 5) is 11.2. The number of alkyl halides is 1. The van der Waals surface area contributed by atoms with E-state index in [4.69, 9.17) is 27.9 Å². The number of methoxy groups -OCH3 is 1. The zero-order chi connectivity index (χ0) is 10.7. The highest BCUT2D eigenvalue weighted by Gasteiger charge is 2.15. The quantitative estimate of drug-likeness (QED) is 0.646. The molecule has 14 heavy (non-hydrogen) atoms.